The summed E-state index contributed by atoms with van der Waals surface area (Å²) in [6.45, 7) is 0. The van der Waals surface area contributed by atoms with E-state index in [1.807, 2.05) is 6.07 Å². The summed E-state index contributed by atoms with van der Waals surface area (Å²) in [6, 6.07) is 3.67. The minimum Gasteiger partial charge on any atom is -0.173 e. The Hall–Kier alpha value is -0.380. The lowest BCUT2D eigenvalue weighted by Crippen LogP contribution is -1.81. The minimum absolute atomic E-state index is 0.444. The first-order valence-electron chi connectivity index (χ1n) is 3.28. The fourth-order valence-corrected chi connectivity index (χ4v) is 2.05. The van der Waals surface area contributed by atoms with Crippen LogP contribution in [0.2, 0.25) is 5.02 Å². The number of benzene rings is 1. The van der Waals surface area contributed by atoms with Crippen LogP contribution in [-0.2, 0) is 5.88 Å². The molecule has 0 atom stereocenters. The molecule has 1 heterocycles. The van der Waals surface area contributed by atoms with E-state index in [1.54, 1.807) is 6.07 Å². The second kappa shape index (κ2) is 3.17. The van der Waals surface area contributed by atoms with Gasteiger partial charge in [-0.3, -0.25) is 0 Å². The lowest BCUT2D eigenvalue weighted by Gasteiger charge is -1.96. The quantitative estimate of drug-likeness (QED) is 0.688. The lowest BCUT2D eigenvalue weighted by molar-refractivity contribution is 1.42. The molecule has 1 aromatic carbocycles. The summed E-state index contributed by atoms with van der Waals surface area (Å²) >= 11 is 12.8. The molecule has 0 unspecified atom stereocenters. The van der Waals surface area contributed by atoms with Gasteiger partial charge in [-0.05, 0) is 11.6 Å². The van der Waals surface area contributed by atoms with Crippen molar-refractivity contribution in [1.82, 2.24) is 8.75 Å². The molecule has 0 bridgehead atoms. The zero-order chi connectivity index (χ0) is 8.55. The van der Waals surface area contributed by atoms with Crippen molar-refractivity contribution in [2.75, 3.05) is 0 Å². The van der Waals surface area contributed by atoms with E-state index < -0.39 is 0 Å². The maximum Gasteiger partial charge on any atom is 0.123 e. The molecule has 0 spiro atoms. The van der Waals surface area contributed by atoms with E-state index >= 15 is 0 Å². The molecule has 0 aliphatic rings. The number of halogens is 2. The van der Waals surface area contributed by atoms with Gasteiger partial charge in [0.25, 0.3) is 0 Å². The summed E-state index contributed by atoms with van der Waals surface area (Å²) in [7, 11) is 0. The predicted octanol–water partition coefficient (Wildman–Crippen LogP) is 3.08. The van der Waals surface area contributed by atoms with Crippen LogP contribution in [0.15, 0.2) is 12.1 Å². The molecule has 12 heavy (non-hydrogen) atoms. The minimum atomic E-state index is 0.444. The lowest BCUT2D eigenvalue weighted by atomic mass is 10.2. The van der Waals surface area contributed by atoms with Gasteiger partial charge in [0.2, 0.25) is 0 Å². The van der Waals surface area contributed by atoms with Crippen LogP contribution in [0.25, 0.3) is 11.0 Å². The van der Waals surface area contributed by atoms with Crippen LogP contribution >= 0.6 is 34.9 Å². The van der Waals surface area contributed by atoms with E-state index in [-0.39, 0.29) is 0 Å². The summed E-state index contributed by atoms with van der Waals surface area (Å²) in [4.78, 5) is 0. The zero-order valence-corrected chi connectivity index (χ0v) is 8.25. The third-order valence-electron chi connectivity index (χ3n) is 1.59. The molecular formula is C7H4Cl2N2S. The van der Waals surface area contributed by atoms with Crippen molar-refractivity contribution < 1.29 is 0 Å². The van der Waals surface area contributed by atoms with Crippen molar-refractivity contribution in [3.05, 3.63) is 22.7 Å². The summed E-state index contributed by atoms with van der Waals surface area (Å²) in [5.74, 6) is 0.444. The molecule has 0 radical (unpaired) electrons. The van der Waals surface area contributed by atoms with Gasteiger partial charge in [0, 0.05) is 5.88 Å². The summed E-state index contributed by atoms with van der Waals surface area (Å²) < 4.78 is 8.18. The molecule has 0 N–H and O–H groups in total. The van der Waals surface area contributed by atoms with E-state index in [4.69, 9.17) is 23.2 Å². The molecule has 0 aliphatic carbocycles. The molecule has 1 aromatic heterocycles. The first kappa shape index (κ1) is 8.23. The fraction of sp³-hybridized carbons (Fsp3) is 0.143. The molecule has 0 saturated carbocycles. The highest BCUT2D eigenvalue weighted by Crippen LogP contribution is 2.25. The fourth-order valence-electron chi connectivity index (χ4n) is 0.995. The maximum absolute atomic E-state index is 5.89. The van der Waals surface area contributed by atoms with E-state index in [0.29, 0.717) is 10.9 Å². The van der Waals surface area contributed by atoms with Crippen LogP contribution in [0.5, 0.6) is 0 Å². The number of rotatable bonds is 1. The van der Waals surface area contributed by atoms with Gasteiger partial charge < -0.3 is 0 Å². The molecule has 2 nitrogen and oxygen atoms in total. The van der Waals surface area contributed by atoms with Crippen molar-refractivity contribution in [3.8, 4) is 0 Å². The average Bonchev–Trinajstić information content (AvgIpc) is 2.54. The number of hydrogen-bond acceptors (Lipinski definition) is 3. The SMILES string of the molecule is ClCc1ccc(Cl)c2nsnc12. The second-order valence-electron chi connectivity index (χ2n) is 2.30. The van der Waals surface area contributed by atoms with Crippen molar-refractivity contribution in [3.63, 3.8) is 0 Å². The normalized spacial score (nSPS) is 10.8. The number of fused-ring (bicyclic) bond motifs is 1. The van der Waals surface area contributed by atoms with Crippen LogP contribution < -0.4 is 0 Å². The molecule has 0 aliphatic heterocycles. The van der Waals surface area contributed by atoms with Gasteiger partial charge in [-0.1, -0.05) is 17.7 Å². The summed E-state index contributed by atoms with van der Waals surface area (Å²) in [6.07, 6.45) is 0. The summed E-state index contributed by atoms with van der Waals surface area (Å²) in [5, 5.41) is 0.632. The van der Waals surface area contributed by atoms with Crippen LogP contribution in [0.1, 0.15) is 5.56 Å². The van der Waals surface area contributed by atoms with E-state index in [9.17, 15) is 0 Å². The van der Waals surface area contributed by atoms with E-state index in [1.165, 1.54) is 0 Å². The topological polar surface area (TPSA) is 25.8 Å². The van der Waals surface area contributed by atoms with Crippen molar-refractivity contribution in [2.45, 2.75) is 5.88 Å². The van der Waals surface area contributed by atoms with Crippen LogP contribution in [0, 0.1) is 0 Å². The molecule has 0 amide bonds. The van der Waals surface area contributed by atoms with E-state index in [0.717, 1.165) is 28.3 Å². The largest absolute Gasteiger partial charge is 0.173 e. The van der Waals surface area contributed by atoms with Gasteiger partial charge in [-0.25, -0.2) is 0 Å². The Morgan fingerprint density at radius 2 is 2.00 bits per heavy atom. The third-order valence-corrected chi connectivity index (χ3v) is 2.72. The molecular weight excluding hydrogens is 215 g/mol. The highest BCUT2D eigenvalue weighted by molar-refractivity contribution is 7.00. The van der Waals surface area contributed by atoms with Crippen molar-refractivity contribution >= 4 is 46.0 Å². The third kappa shape index (κ3) is 1.18. The number of aromatic nitrogens is 2. The first-order valence-corrected chi connectivity index (χ1v) is 4.93. The number of hydrogen-bond donors (Lipinski definition) is 0. The Morgan fingerprint density at radius 1 is 1.25 bits per heavy atom. The molecule has 5 heteroatoms. The maximum atomic E-state index is 5.89. The average molecular weight is 219 g/mol. The van der Waals surface area contributed by atoms with E-state index in [2.05, 4.69) is 8.75 Å². The van der Waals surface area contributed by atoms with Gasteiger partial charge >= 0.3 is 0 Å². The smallest absolute Gasteiger partial charge is 0.123 e. The van der Waals surface area contributed by atoms with Gasteiger partial charge in [-0.15, -0.1) is 11.6 Å². The highest BCUT2D eigenvalue weighted by atomic mass is 35.5. The monoisotopic (exact) mass is 218 g/mol. The summed E-state index contributed by atoms with van der Waals surface area (Å²) in [5.41, 5.74) is 2.55. The molecule has 2 rings (SSSR count). The molecule has 2 aromatic rings. The number of alkyl halides is 1. The first-order chi connectivity index (χ1) is 5.83. The Balaban J connectivity index is 2.82. The Morgan fingerprint density at radius 3 is 2.75 bits per heavy atom. The number of nitrogens with zero attached hydrogens (tertiary/aromatic N) is 2. The van der Waals surface area contributed by atoms with Crippen LogP contribution in [-0.4, -0.2) is 8.75 Å². The van der Waals surface area contributed by atoms with Crippen LogP contribution in [0.4, 0.5) is 0 Å². The van der Waals surface area contributed by atoms with Crippen molar-refractivity contribution in [2.24, 2.45) is 0 Å². The van der Waals surface area contributed by atoms with Crippen LogP contribution in [0.3, 0.4) is 0 Å². The molecule has 0 saturated heterocycles. The molecule has 62 valence electrons. The highest BCUT2D eigenvalue weighted by Gasteiger charge is 2.07. The van der Waals surface area contributed by atoms with Crippen molar-refractivity contribution in [1.29, 1.82) is 0 Å². The standard InChI is InChI=1S/C7H4Cl2N2S/c8-3-4-1-2-5(9)7-6(4)10-12-11-7/h1-2H,3H2. The van der Waals surface area contributed by atoms with Gasteiger partial charge in [0.05, 0.1) is 16.8 Å². The Labute approximate surface area is 83.4 Å². The van der Waals surface area contributed by atoms with Gasteiger partial charge in [-0.2, -0.15) is 8.75 Å². The zero-order valence-electron chi connectivity index (χ0n) is 5.92. The van der Waals surface area contributed by atoms with Gasteiger partial charge in [0.1, 0.15) is 11.0 Å². The Bertz CT molecular complexity index is 413. The predicted molar refractivity (Wildman–Crippen MR) is 52.0 cm³/mol. The van der Waals surface area contributed by atoms with Gasteiger partial charge in [0.15, 0.2) is 0 Å². The Kier molecular flexibility index (Phi) is 2.17. The second-order valence-corrected chi connectivity index (χ2v) is 3.50. The molecule has 0 fully saturated rings.